The summed E-state index contributed by atoms with van der Waals surface area (Å²) in [6, 6.07) is 5.93. The van der Waals surface area contributed by atoms with Gasteiger partial charge in [0.15, 0.2) is 0 Å². The fourth-order valence-corrected chi connectivity index (χ4v) is 4.76. The highest BCUT2D eigenvalue weighted by molar-refractivity contribution is 6.30. The Bertz CT molecular complexity index is 1130. The van der Waals surface area contributed by atoms with Gasteiger partial charge in [0.25, 0.3) is 0 Å². The Morgan fingerprint density at radius 3 is 2.88 bits per heavy atom. The molecule has 2 fully saturated rings. The van der Waals surface area contributed by atoms with Crippen LogP contribution < -0.4 is 15.5 Å². The second-order valence-corrected chi connectivity index (χ2v) is 9.21. The van der Waals surface area contributed by atoms with Crippen LogP contribution in [0.5, 0.6) is 0 Å². The lowest BCUT2D eigenvalue weighted by atomic mass is 10.0. The summed E-state index contributed by atoms with van der Waals surface area (Å²) in [6.07, 6.45) is 7.42. The number of hydrogen-bond donors (Lipinski definition) is 2. The highest BCUT2D eigenvalue weighted by Gasteiger charge is 2.37. The third kappa shape index (κ3) is 4.37. The predicted molar refractivity (Wildman–Crippen MR) is 123 cm³/mol. The lowest BCUT2D eigenvalue weighted by molar-refractivity contribution is -0.123. The first-order chi connectivity index (χ1) is 15.5. The molecule has 1 aliphatic heterocycles. The predicted octanol–water partition coefficient (Wildman–Crippen LogP) is 3.74. The fraction of sp³-hybridized carbons (Fsp3) is 0.435. The third-order valence-corrected chi connectivity index (χ3v) is 6.49. The summed E-state index contributed by atoms with van der Waals surface area (Å²) in [5.41, 5.74) is 1.42. The zero-order chi connectivity index (χ0) is 22.2. The van der Waals surface area contributed by atoms with Gasteiger partial charge in [0.2, 0.25) is 5.91 Å². The number of hydrogen-bond acceptors (Lipinski definition) is 5. The number of anilines is 2. The van der Waals surface area contributed by atoms with Crippen molar-refractivity contribution in [1.82, 2.24) is 19.9 Å². The van der Waals surface area contributed by atoms with Gasteiger partial charge in [-0.2, -0.15) is 0 Å². The monoisotopic (exact) mass is 456 g/mol. The number of fused-ring (bicyclic) bond motifs is 1. The van der Waals surface area contributed by atoms with Crippen molar-refractivity contribution in [2.24, 2.45) is 13.0 Å². The molecule has 3 aromatic rings. The van der Waals surface area contributed by atoms with E-state index in [0.717, 1.165) is 49.1 Å². The van der Waals surface area contributed by atoms with E-state index in [4.69, 9.17) is 11.6 Å². The molecule has 1 saturated heterocycles. The van der Waals surface area contributed by atoms with Crippen molar-refractivity contribution >= 4 is 40.0 Å². The van der Waals surface area contributed by atoms with E-state index in [0.29, 0.717) is 17.3 Å². The summed E-state index contributed by atoms with van der Waals surface area (Å²) < 4.78 is 15.7. The van der Waals surface area contributed by atoms with Gasteiger partial charge in [0.05, 0.1) is 5.39 Å². The summed E-state index contributed by atoms with van der Waals surface area (Å²) in [5.74, 6) is 0.686. The van der Waals surface area contributed by atoms with Crippen molar-refractivity contribution in [2.75, 3.05) is 23.3 Å². The maximum absolute atomic E-state index is 13.7. The topological polar surface area (TPSA) is 75.1 Å². The molecule has 32 heavy (non-hydrogen) atoms. The molecule has 2 atom stereocenters. The molecule has 5 rings (SSSR count). The number of aromatic nitrogens is 3. The zero-order valence-corrected chi connectivity index (χ0v) is 18.6. The van der Waals surface area contributed by atoms with Gasteiger partial charge in [-0.05, 0) is 55.9 Å². The van der Waals surface area contributed by atoms with E-state index >= 15 is 0 Å². The molecule has 3 heterocycles. The average molecular weight is 457 g/mol. The Balaban J connectivity index is 1.28. The summed E-state index contributed by atoms with van der Waals surface area (Å²) in [7, 11) is 1.97. The summed E-state index contributed by atoms with van der Waals surface area (Å²) in [4.78, 5) is 24.3. The van der Waals surface area contributed by atoms with Gasteiger partial charge in [0, 0.05) is 43.1 Å². The maximum atomic E-state index is 13.7. The molecule has 1 aromatic carbocycles. The van der Waals surface area contributed by atoms with Crippen molar-refractivity contribution in [1.29, 1.82) is 0 Å². The summed E-state index contributed by atoms with van der Waals surface area (Å²) >= 11 is 5.98. The lowest BCUT2D eigenvalue weighted by Gasteiger charge is -2.35. The van der Waals surface area contributed by atoms with E-state index < -0.39 is 11.9 Å². The highest BCUT2D eigenvalue weighted by Crippen LogP contribution is 2.35. The van der Waals surface area contributed by atoms with Crippen LogP contribution in [0.4, 0.5) is 15.9 Å². The first-order valence-corrected chi connectivity index (χ1v) is 11.4. The maximum Gasteiger partial charge on any atom is 0.243 e. The first kappa shape index (κ1) is 21.0. The second-order valence-electron chi connectivity index (χ2n) is 8.77. The minimum Gasteiger partial charge on any atom is -0.373 e. The largest absolute Gasteiger partial charge is 0.373 e. The summed E-state index contributed by atoms with van der Waals surface area (Å²) in [6.45, 7) is 1.58. The smallest absolute Gasteiger partial charge is 0.243 e. The normalized spacial score (nSPS) is 19.7. The minimum absolute atomic E-state index is 0.0177. The number of carbonyl (C=O) groups is 1. The zero-order valence-electron chi connectivity index (χ0n) is 17.9. The molecule has 0 radical (unpaired) electrons. The van der Waals surface area contributed by atoms with E-state index in [1.807, 2.05) is 23.9 Å². The standard InChI is InChI=1S/C23H26ClFN6O/c1-30-8-6-19-21(30)26-13-27-22(19)31-7-2-3-17(12-31)29-23(32)20(14-4-5-14)28-18-10-15(24)9-16(25)11-18/h6,8-11,13-14,17,20,28H,2-5,7,12H2,1H3,(H,29,32)/t17?,20-/m1/s1. The molecule has 168 valence electrons. The van der Waals surface area contributed by atoms with Crippen LogP contribution in [0.3, 0.4) is 0 Å². The molecule has 1 aliphatic carbocycles. The van der Waals surface area contributed by atoms with E-state index in [1.165, 1.54) is 12.1 Å². The van der Waals surface area contributed by atoms with Crippen LogP contribution in [-0.4, -0.2) is 45.6 Å². The Kier molecular flexibility index (Phi) is 5.63. The molecule has 1 unspecified atom stereocenters. The minimum atomic E-state index is -0.421. The lowest BCUT2D eigenvalue weighted by Crippen LogP contribution is -2.52. The molecule has 1 saturated carbocycles. The van der Waals surface area contributed by atoms with Crippen LogP contribution in [0.1, 0.15) is 25.7 Å². The van der Waals surface area contributed by atoms with E-state index in [-0.39, 0.29) is 17.9 Å². The van der Waals surface area contributed by atoms with Crippen LogP contribution in [-0.2, 0) is 11.8 Å². The molecule has 1 amide bonds. The van der Waals surface area contributed by atoms with Gasteiger partial charge in [0.1, 0.15) is 29.7 Å². The number of nitrogens with one attached hydrogen (secondary N) is 2. The Hall–Kier alpha value is -2.87. The van der Waals surface area contributed by atoms with Gasteiger partial charge >= 0.3 is 0 Å². The van der Waals surface area contributed by atoms with Gasteiger partial charge in [-0.1, -0.05) is 11.6 Å². The van der Waals surface area contributed by atoms with E-state index in [9.17, 15) is 9.18 Å². The Labute approximate surface area is 191 Å². The SMILES string of the molecule is Cn1ccc2c(N3CCCC(NC(=O)[C@H](Nc4cc(F)cc(Cl)c4)C4CC4)C3)ncnc21. The molecule has 9 heteroatoms. The number of halogens is 2. The Morgan fingerprint density at radius 1 is 1.25 bits per heavy atom. The number of carbonyl (C=O) groups excluding carboxylic acids is 1. The number of rotatable bonds is 6. The highest BCUT2D eigenvalue weighted by atomic mass is 35.5. The summed E-state index contributed by atoms with van der Waals surface area (Å²) in [5, 5.41) is 7.76. The number of amides is 1. The van der Waals surface area contributed by atoms with Crippen LogP contribution in [0.2, 0.25) is 5.02 Å². The fourth-order valence-electron chi connectivity index (χ4n) is 4.54. The van der Waals surface area contributed by atoms with Gasteiger partial charge in [-0.15, -0.1) is 0 Å². The molecule has 0 spiro atoms. The van der Waals surface area contributed by atoms with Crippen LogP contribution in [0.25, 0.3) is 11.0 Å². The first-order valence-electron chi connectivity index (χ1n) is 11.0. The number of piperidine rings is 1. The van der Waals surface area contributed by atoms with Gasteiger partial charge in [-0.25, -0.2) is 14.4 Å². The van der Waals surface area contributed by atoms with Crippen molar-refractivity contribution in [3.8, 4) is 0 Å². The van der Waals surface area contributed by atoms with Crippen molar-refractivity contribution < 1.29 is 9.18 Å². The van der Waals surface area contributed by atoms with Crippen molar-refractivity contribution in [3.05, 3.63) is 47.6 Å². The average Bonchev–Trinajstić information content (AvgIpc) is 3.53. The molecule has 7 nitrogen and oxygen atoms in total. The molecule has 2 N–H and O–H groups in total. The third-order valence-electron chi connectivity index (χ3n) is 6.27. The molecule has 0 bridgehead atoms. The molecular weight excluding hydrogens is 431 g/mol. The van der Waals surface area contributed by atoms with Crippen LogP contribution >= 0.6 is 11.6 Å². The van der Waals surface area contributed by atoms with Crippen LogP contribution in [0.15, 0.2) is 36.8 Å². The second kappa shape index (κ2) is 8.58. The Morgan fingerprint density at radius 2 is 2.09 bits per heavy atom. The van der Waals surface area contributed by atoms with Crippen molar-refractivity contribution in [2.45, 2.75) is 37.8 Å². The van der Waals surface area contributed by atoms with Crippen molar-refractivity contribution in [3.63, 3.8) is 0 Å². The van der Waals surface area contributed by atoms with E-state index in [1.54, 1.807) is 12.4 Å². The number of benzene rings is 1. The number of nitrogens with zero attached hydrogens (tertiary/aromatic N) is 4. The van der Waals surface area contributed by atoms with Gasteiger partial charge in [-0.3, -0.25) is 4.79 Å². The van der Waals surface area contributed by atoms with E-state index in [2.05, 4.69) is 25.5 Å². The number of aryl methyl sites for hydroxylation is 1. The quantitative estimate of drug-likeness (QED) is 0.591. The molecule has 2 aromatic heterocycles. The van der Waals surface area contributed by atoms with Crippen LogP contribution in [0, 0.1) is 11.7 Å². The molecule has 2 aliphatic rings. The molecular formula is C23H26ClFN6O. The van der Waals surface area contributed by atoms with Gasteiger partial charge < -0.3 is 20.1 Å².